The monoisotopic (exact) mass is 590 g/mol. The molecule has 0 unspecified atom stereocenters. The molecule has 0 saturated heterocycles. The van der Waals surface area contributed by atoms with Crippen LogP contribution in [0.2, 0.25) is 0 Å². The lowest BCUT2D eigenvalue weighted by Gasteiger charge is -2.60. The molecule has 2 aromatic carbocycles. The van der Waals surface area contributed by atoms with Gasteiger partial charge in [0.1, 0.15) is 5.78 Å². The van der Waals surface area contributed by atoms with Crippen LogP contribution in [0.5, 0.6) is 0 Å². The third-order valence-electron chi connectivity index (χ3n) is 11.9. The number of benzene rings is 2. The Kier molecular flexibility index (Phi) is 7.00. The molecular weight excluding hydrogens is 548 g/mol. The number of rotatable bonds is 6. The first-order chi connectivity index (χ1) is 18.6. The molecule has 0 amide bonds. The highest BCUT2D eigenvalue weighted by Crippen LogP contribution is 2.70. The normalized spacial score (nSPS) is 39.3. The molecule has 4 aliphatic rings. The van der Waals surface area contributed by atoms with Gasteiger partial charge in [0.05, 0.1) is 6.61 Å². The molecule has 0 aliphatic heterocycles. The van der Waals surface area contributed by atoms with Crippen molar-refractivity contribution in [2.24, 2.45) is 34.0 Å². The van der Waals surface area contributed by atoms with Gasteiger partial charge in [0, 0.05) is 22.7 Å². The van der Waals surface area contributed by atoms with E-state index < -0.39 is 5.79 Å². The Morgan fingerprint density at radius 3 is 2.38 bits per heavy atom. The summed E-state index contributed by atoms with van der Waals surface area (Å²) in [4.78, 5) is 13.5. The zero-order valence-corrected chi connectivity index (χ0v) is 25.3. The van der Waals surface area contributed by atoms with Gasteiger partial charge in [0.25, 0.3) is 0 Å². The lowest BCUT2D eigenvalue weighted by atomic mass is 9.44. The van der Waals surface area contributed by atoms with Crippen molar-refractivity contribution in [1.29, 1.82) is 0 Å². The van der Waals surface area contributed by atoms with Crippen LogP contribution in [0, 0.1) is 34.0 Å². The zero-order chi connectivity index (χ0) is 27.5. The first-order valence-corrected chi connectivity index (χ1v) is 15.7. The minimum absolute atomic E-state index is 0.0424. The number of ether oxygens (including phenoxy) is 1. The molecule has 0 bridgehead atoms. The summed E-state index contributed by atoms with van der Waals surface area (Å²) in [6.45, 7) is 7.21. The van der Waals surface area contributed by atoms with Crippen LogP contribution in [0.4, 0.5) is 0 Å². The summed E-state index contributed by atoms with van der Waals surface area (Å²) in [5.41, 5.74) is 3.66. The number of halogens is 1. The lowest BCUT2D eigenvalue weighted by molar-refractivity contribution is -0.231. The van der Waals surface area contributed by atoms with Gasteiger partial charge in [-0.2, -0.15) is 0 Å². The van der Waals surface area contributed by atoms with Gasteiger partial charge in [-0.3, -0.25) is 4.79 Å². The molecule has 39 heavy (non-hydrogen) atoms. The summed E-state index contributed by atoms with van der Waals surface area (Å²) in [6, 6.07) is 18.8. The average Bonchev–Trinajstić information content (AvgIpc) is 3.23. The van der Waals surface area contributed by atoms with Crippen molar-refractivity contribution >= 4 is 21.7 Å². The smallest absolute Gasteiger partial charge is 0.169 e. The Hall–Kier alpha value is -1.75. The fourth-order valence-corrected chi connectivity index (χ4v) is 9.88. The second-order valence-electron chi connectivity index (χ2n) is 13.6. The number of Topliss-reactive ketones (excluding diaryl/α,β-unsaturated/α-hetero) is 1. The van der Waals surface area contributed by atoms with Gasteiger partial charge >= 0.3 is 0 Å². The number of carbonyl (C=O) groups excluding carboxylic acids is 1. The van der Waals surface area contributed by atoms with Gasteiger partial charge < -0.3 is 9.84 Å². The van der Waals surface area contributed by atoms with Crippen molar-refractivity contribution < 1.29 is 14.6 Å². The van der Waals surface area contributed by atoms with Crippen LogP contribution < -0.4 is 0 Å². The Labute approximate surface area is 242 Å². The van der Waals surface area contributed by atoms with Crippen LogP contribution in [0.3, 0.4) is 0 Å². The Bertz CT molecular complexity index is 1250. The van der Waals surface area contributed by atoms with Gasteiger partial charge in [-0.25, -0.2) is 0 Å². The highest BCUT2D eigenvalue weighted by Gasteiger charge is 2.65. The third-order valence-corrected chi connectivity index (χ3v) is 12.5. The van der Waals surface area contributed by atoms with Gasteiger partial charge in [-0.05, 0) is 104 Å². The standard InChI is InChI=1S/C35H43BrO3/c1-24(37)34(21-25-7-5-4-6-8-25)18-16-31-29-14-11-27-22-35(38,39-23-26-9-12-28(36)13-10-26)20-19-32(27,2)30(29)15-17-33(31,34)3/h4-13,29-31,38H,14-23H2,1-3H3/t29-,30+,31+,32+,33+,34+,35-/m1/s1. The minimum Gasteiger partial charge on any atom is -0.365 e. The largest absolute Gasteiger partial charge is 0.365 e. The molecule has 0 spiro atoms. The van der Waals surface area contributed by atoms with Crippen LogP contribution in [-0.4, -0.2) is 16.7 Å². The van der Waals surface area contributed by atoms with Crippen molar-refractivity contribution in [2.45, 2.75) is 91.0 Å². The van der Waals surface area contributed by atoms with Crippen molar-refractivity contribution in [3.63, 3.8) is 0 Å². The van der Waals surface area contributed by atoms with Gasteiger partial charge in [-0.1, -0.05) is 83.9 Å². The predicted octanol–water partition coefficient (Wildman–Crippen LogP) is 8.44. The molecule has 3 saturated carbocycles. The maximum absolute atomic E-state index is 13.5. The van der Waals surface area contributed by atoms with E-state index in [1.165, 1.54) is 17.6 Å². The van der Waals surface area contributed by atoms with Gasteiger partial charge in [0.2, 0.25) is 0 Å². The number of hydrogen-bond acceptors (Lipinski definition) is 3. The molecule has 3 nitrogen and oxygen atoms in total. The van der Waals surface area contributed by atoms with Crippen molar-refractivity contribution in [1.82, 2.24) is 0 Å². The number of allylic oxidation sites excluding steroid dienone is 1. The molecule has 0 radical (unpaired) electrons. The average molecular weight is 592 g/mol. The SMILES string of the molecule is CC(=O)[C@@]1(Cc2ccccc2)CC[C@H]2[C@@H]3CC=C4C[C@](O)(OCc5ccc(Br)cc5)CC[C@]4(C)[C@H]3CC[C@@]21C. The fourth-order valence-electron chi connectivity index (χ4n) is 9.61. The number of ketones is 1. The topological polar surface area (TPSA) is 46.5 Å². The Morgan fingerprint density at radius 1 is 0.949 bits per heavy atom. The summed E-state index contributed by atoms with van der Waals surface area (Å²) in [7, 11) is 0. The molecule has 2 aromatic rings. The highest BCUT2D eigenvalue weighted by atomic mass is 79.9. The van der Waals surface area contributed by atoms with E-state index in [1.807, 2.05) is 31.2 Å². The number of carbonyl (C=O) groups is 1. The zero-order valence-electron chi connectivity index (χ0n) is 23.7. The van der Waals surface area contributed by atoms with Crippen LogP contribution >= 0.6 is 15.9 Å². The Morgan fingerprint density at radius 2 is 1.67 bits per heavy atom. The molecule has 4 heteroatoms. The lowest BCUT2D eigenvalue weighted by Crippen LogP contribution is -2.55. The molecule has 4 aliphatic carbocycles. The van der Waals surface area contributed by atoms with E-state index in [1.54, 1.807) is 0 Å². The van der Waals surface area contributed by atoms with Crippen molar-refractivity contribution in [2.75, 3.05) is 0 Å². The predicted molar refractivity (Wildman–Crippen MR) is 159 cm³/mol. The summed E-state index contributed by atoms with van der Waals surface area (Å²) >= 11 is 3.49. The quantitative estimate of drug-likeness (QED) is 0.271. The molecule has 6 rings (SSSR count). The van der Waals surface area contributed by atoms with Crippen LogP contribution in [0.1, 0.15) is 83.3 Å². The van der Waals surface area contributed by atoms with Gasteiger partial charge in [0.15, 0.2) is 5.79 Å². The fraction of sp³-hybridized carbons (Fsp3) is 0.571. The molecule has 0 aromatic heterocycles. The van der Waals surface area contributed by atoms with E-state index in [2.05, 4.69) is 66.2 Å². The van der Waals surface area contributed by atoms with Crippen LogP contribution in [0.15, 0.2) is 70.7 Å². The first-order valence-electron chi connectivity index (χ1n) is 14.9. The maximum atomic E-state index is 13.5. The second-order valence-corrected chi connectivity index (χ2v) is 14.5. The molecule has 1 N–H and O–H groups in total. The summed E-state index contributed by atoms with van der Waals surface area (Å²) in [5, 5.41) is 11.5. The Balaban J connectivity index is 1.22. The molecule has 0 heterocycles. The second kappa shape index (κ2) is 9.96. The summed E-state index contributed by atoms with van der Waals surface area (Å²) in [6.07, 6.45) is 11.1. The van der Waals surface area contributed by atoms with Crippen molar-refractivity contribution in [3.05, 3.63) is 81.8 Å². The number of hydrogen-bond donors (Lipinski definition) is 1. The number of aliphatic hydroxyl groups is 1. The summed E-state index contributed by atoms with van der Waals surface area (Å²) < 4.78 is 7.23. The van der Waals surface area contributed by atoms with E-state index in [4.69, 9.17) is 4.74 Å². The van der Waals surface area contributed by atoms with E-state index in [-0.39, 0.29) is 16.2 Å². The van der Waals surface area contributed by atoms with Gasteiger partial charge in [-0.15, -0.1) is 0 Å². The third kappa shape index (κ3) is 4.50. The van der Waals surface area contributed by atoms with E-state index in [0.717, 1.165) is 48.6 Å². The van der Waals surface area contributed by atoms with E-state index >= 15 is 0 Å². The molecule has 208 valence electrons. The van der Waals surface area contributed by atoms with E-state index in [0.29, 0.717) is 43.0 Å². The number of fused-ring (bicyclic) bond motifs is 5. The van der Waals surface area contributed by atoms with Crippen LogP contribution in [0.25, 0.3) is 0 Å². The maximum Gasteiger partial charge on any atom is 0.169 e. The summed E-state index contributed by atoms with van der Waals surface area (Å²) in [5.74, 6) is 1.10. The molecular formula is C35H43BrO3. The van der Waals surface area contributed by atoms with Crippen LogP contribution in [-0.2, 0) is 22.6 Å². The highest BCUT2D eigenvalue weighted by molar-refractivity contribution is 9.10. The van der Waals surface area contributed by atoms with Crippen molar-refractivity contribution in [3.8, 4) is 0 Å². The minimum atomic E-state index is -1.10. The molecule has 7 atom stereocenters. The first kappa shape index (κ1) is 27.4. The molecule has 3 fully saturated rings. The van der Waals surface area contributed by atoms with E-state index in [9.17, 15) is 9.90 Å².